The van der Waals surface area contributed by atoms with Crippen molar-refractivity contribution in [2.75, 3.05) is 13.7 Å². The number of hydrogen-bond acceptors (Lipinski definition) is 9. The van der Waals surface area contributed by atoms with E-state index in [2.05, 4.69) is 15.6 Å². The third-order valence-electron chi connectivity index (χ3n) is 4.11. The van der Waals surface area contributed by atoms with E-state index in [4.69, 9.17) is 10.5 Å². The highest BCUT2D eigenvalue weighted by Crippen LogP contribution is 2.24. The number of aliphatic hydroxyl groups excluding tert-OH is 3. The van der Waals surface area contributed by atoms with Gasteiger partial charge in [0.1, 0.15) is 36.4 Å². The van der Waals surface area contributed by atoms with Gasteiger partial charge in [-0.05, 0) is 0 Å². The van der Waals surface area contributed by atoms with Gasteiger partial charge in [-0.2, -0.15) is 0 Å². The minimum absolute atomic E-state index is 0.275. The summed E-state index contributed by atoms with van der Waals surface area (Å²) >= 11 is 0. The first-order chi connectivity index (χ1) is 9.93. The van der Waals surface area contributed by atoms with Crippen LogP contribution in [0, 0.1) is 0 Å². The lowest BCUT2D eigenvalue weighted by Crippen LogP contribution is -2.77. The fraction of sp³-hybridized carbons (Fsp3) is 0.818. The molecule has 2 saturated heterocycles. The number of ether oxygens (including phenoxy) is 1. The standard InChI is InChI=1S/C11H19N5O5/c1-16-10(20)5-8(15-11(16)12)13-4-7(19)6(18)3(2-17)21-9(4)14-5/h3-7,9,11,14,17-19H,2,12H2,1H3,(H,13,15). The van der Waals surface area contributed by atoms with E-state index < -0.39 is 49.5 Å². The average Bonchev–Trinajstić information content (AvgIpc) is 2.48. The van der Waals surface area contributed by atoms with Crippen LogP contribution in [0.3, 0.4) is 0 Å². The second kappa shape index (κ2) is 5.16. The van der Waals surface area contributed by atoms with E-state index in [0.29, 0.717) is 5.84 Å². The molecule has 3 heterocycles. The van der Waals surface area contributed by atoms with Crippen LogP contribution in [-0.4, -0.2) is 88.5 Å². The minimum atomic E-state index is -1.24. The molecule has 0 spiro atoms. The third-order valence-corrected chi connectivity index (χ3v) is 4.11. The Morgan fingerprint density at radius 2 is 2.14 bits per heavy atom. The number of hydrogen-bond donors (Lipinski definition) is 6. The fourth-order valence-electron chi connectivity index (χ4n) is 2.78. The maximum absolute atomic E-state index is 12.2. The summed E-state index contributed by atoms with van der Waals surface area (Å²) in [6, 6.07) is -1.45. The highest BCUT2D eigenvalue weighted by Gasteiger charge is 2.51. The first-order valence-corrected chi connectivity index (χ1v) is 6.69. The molecule has 0 radical (unpaired) electrons. The van der Waals surface area contributed by atoms with E-state index >= 15 is 0 Å². The number of amidine groups is 1. The molecule has 10 heteroatoms. The van der Waals surface area contributed by atoms with E-state index in [0.717, 1.165) is 0 Å². The molecule has 0 saturated carbocycles. The van der Waals surface area contributed by atoms with Gasteiger partial charge in [0.15, 0.2) is 6.29 Å². The zero-order chi connectivity index (χ0) is 15.3. The summed E-state index contributed by atoms with van der Waals surface area (Å²) in [4.78, 5) is 17.6. The fourth-order valence-corrected chi connectivity index (χ4v) is 2.78. The number of nitrogens with two attached hydrogens (primary N) is 1. The molecule has 3 aliphatic heterocycles. The maximum Gasteiger partial charge on any atom is 0.250 e. The van der Waals surface area contributed by atoms with Crippen LogP contribution < -0.4 is 16.4 Å². The quantitative estimate of drug-likeness (QED) is 0.283. The molecule has 0 aromatic rings. The van der Waals surface area contributed by atoms with E-state index in [1.54, 1.807) is 0 Å². The van der Waals surface area contributed by atoms with Crippen LogP contribution >= 0.6 is 0 Å². The van der Waals surface area contributed by atoms with Gasteiger partial charge in [0.25, 0.3) is 0 Å². The Balaban J connectivity index is 1.86. The summed E-state index contributed by atoms with van der Waals surface area (Å²) in [5.41, 5.74) is 5.72. The minimum Gasteiger partial charge on any atom is -0.394 e. The summed E-state index contributed by atoms with van der Waals surface area (Å²) < 4.78 is 5.49. The van der Waals surface area contributed by atoms with Crippen molar-refractivity contribution < 1.29 is 24.9 Å². The van der Waals surface area contributed by atoms with Crippen LogP contribution in [0.15, 0.2) is 4.99 Å². The molecule has 3 rings (SSSR count). The molecule has 0 bridgehead atoms. The van der Waals surface area contributed by atoms with Crippen molar-refractivity contribution in [3.8, 4) is 0 Å². The predicted octanol–water partition coefficient (Wildman–Crippen LogP) is -4.53. The van der Waals surface area contributed by atoms with Crippen LogP contribution in [-0.2, 0) is 9.53 Å². The molecule has 7 atom stereocenters. The molecule has 0 aromatic carbocycles. The van der Waals surface area contributed by atoms with Gasteiger partial charge < -0.3 is 30.3 Å². The van der Waals surface area contributed by atoms with Crippen LogP contribution in [0.5, 0.6) is 0 Å². The lowest BCUT2D eigenvalue weighted by atomic mass is 9.93. The van der Waals surface area contributed by atoms with Crippen molar-refractivity contribution in [2.45, 2.75) is 42.9 Å². The first-order valence-electron chi connectivity index (χ1n) is 6.69. The lowest BCUT2D eigenvalue weighted by Gasteiger charge is -2.49. The second-order valence-electron chi connectivity index (χ2n) is 5.41. The first kappa shape index (κ1) is 14.6. The Morgan fingerprint density at radius 1 is 1.43 bits per heavy atom. The molecule has 1 amide bonds. The number of likely N-dealkylation sites (N-methyl/N-ethyl adjacent to an activating group) is 1. The van der Waals surface area contributed by atoms with E-state index in [-0.39, 0.29) is 5.91 Å². The second-order valence-corrected chi connectivity index (χ2v) is 5.41. The Labute approximate surface area is 120 Å². The van der Waals surface area contributed by atoms with Crippen LogP contribution in [0.1, 0.15) is 0 Å². The molecule has 10 nitrogen and oxygen atoms in total. The molecule has 7 unspecified atom stereocenters. The lowest BCUT2D eigenvalue weighted by molar-refractivity contribution is -0.204. The number of amides is 1. The summed E-state index contributed by atoms with van der Waals surface area (Å²) in [5.74, 6) is 0.0346. The zero-order valence-corrected chi connectivity index (χ0v) is 11.4. The number of aliphatic hydroxyl groups is 3. The SMILES string of the molecule is CN1C(=O)C2NC3OC(CO)C(O)C(O)C3NC2=NC1N. The molecule has 3 aliphatic rings. The molecule has 7 N–H and O–H groups in total. The zero-order valence-electron chi connectivity index (χ0n) is 11.4. The van der Waals surface area contributed by atoms with Crippen molar-refractivity contribution in [1.82, 2.24) is 15.5 Å². The smallest absolute Gasteiger partial charge is 0.250 e. The van der Waals surface area contributed by atoms with Crippen molar-refractivity contribution in [3.05, 3.63) is 0 Å². The number of fused-ring (bicyclic) bond motifs is 2. The summed E-state index contributed by atoms with van der Waals surface area (Å²) in [6.07, 6.45) is -4.88. The van der Waals surface area contributed by atoms with Crippen molar-refractivity contribution in [2.24, 2.45) is 10.7 Å². The number of piperazine rings is 1. The number of carbonyl (C=O) groups is 1. The van der Waals surface area contributed by atoms with Gasteiger partial charge in [-0.1, -0.05) is 0 Å². The largest absolute Gasteiger partial charge is 0.394 e. The molecule has 0 aromatic heterocycles. The molecule has 2 fully saturated rings. The van der Waals surface area contributed by atoms with Gasteiger partial charge in [-0.15, -0.1) is 0 Å². The van der Waals surface area contributed by atoms with E-state index in [1.165, 1.54) is 11.9 Å². The van der Waals surface area contributed by atoms with Crippen LogP contribution in [0.25, 0.3) is 0 Å². The van der Waals surface area contributed by atoms with Gasteiger partial charge in [0.05, 0.1) is 12.6 Å². The maximum atomic E-state index is 12.2. The topological polar surface area (TPSA) is 153 Å². The van der Waals surface area contributed by atoms with Gasteiger partial charge in [-0.3, -0.25) is 15.8 Å². The van der Waals surface area contributed by atoms with E-state index in [1.807, 2.05) is 0 Å². The Bertz CT molecular complexity index is 474. The van der Waals surface area contributed by atoms with E-state index in [9.17, 15) is 20.1 Å². The average molecular weight is 301 g/mol. The number of rotatable bonds is 1. The summed E-state index contributed by atoms with van der Waals surface area (Å²) in [5, 5.41) is 35.0. The number of aliphatic imine (C=N–C) groups is 1. The monoisotopic (exact) mass is 301 g/mol. The van der Waals surface area contributed by atoms with Gasteiger partial charge >= 0.3 is 0 Å². The summed E-state index contributed by atoms with van der Waals surface area (Å²) in [7, 11) is 1.54. The Kier molecular flexibility index (Phi) is 3.59. The molecule has 118 valence electrons. The Hall–Kier alpha value is -1.30. The van der Waals surface area contributed by atoms with Crippen molar-refractivity contribution in [1.29, 1.82) is 0 Å². The van der Waals surface area contributed by atoms with Crippen molar-refractivity contribution in [3.63, 3.8) is 0 Å². The highest BCUT2D eigenvalue weighted by atomic mass is 16.5. The Morgan fingerprint density at radius 3 is 2.81 bits per heavy atom. The van der Waals surface area contributed by atoms with Crippen LogP contribution in [0.2, 0.25) is 0 Å². The predicted molar refractivity (Wildman–Crippen MR) is 69.8 cm³/mol. The number of nitrogens with one attached hydrogen (secondary N) is 2. The normalized spacial score (nSPS) is 46.3. The van der Waals surface area contributed by atoms with Gasteiger partial charge in [-0.25, -0.2) is 4.99 Å². The highest BCUT2D eigenvalue weighted by molar-refractivity contribution is 6.09. The molecule has 0 aliphatic carbocycles. The third kappa shape index (κ3) is 2.20. The summed E-state index contributed by atoms with van der Waals surface area (Å²) in [6.45, 7) is -0.437. The van der Waals surface area contributed by atoms with Crippen molar-refractivity contribution >= 4 is 11.7 Å². The molecular weight excluding hydrogens is 282 g/mol. The number of carbonyl (C=O) groups excluding carboxylic acids is 1. The van der Waals surface area contributed by atoms with Gasteiger partial charge in [0.2, 0.25) is 5.91 Å². The van der Waals surface area contributed by atoms with Crippen LogP contribution in [0.4, 0.5) is 0 Å². The molecule has 21 heavy (non-hydrogen) atoms. The van der Waals surface area contributed by atoms with Gasteiger partial charge in [0, 0.05) is 7.05 Å². The number of nitrogens with zero attached hydrogens (tertiary/aromatic N) is 2. The molecular formula is C11H19N5O5.